The van der Waals surface area contributed by atoms with Crippen LogP contribution >= 0.6 is 23.2 Å². The molecule has 1 aliphatic heterocycles. The molecule has 3 aromatic rings. The summed E-state index contributed by atoms with van der Waals surface area (Å²) in [7, 11) is 0. The van der Waals surface area contributed by atoms with Gasteiger partial charge in [-0.25, -0.2) is 4.39 Å². The summed E-state index contributed by atoms with van der Waals surface area (Å²) in [5, 5.41) is 4.79. The van der Waals surface area contributed by atoms with E-state index in [4.69, 9.17) is 33.5 Å². The second-order valence-corrected chi connectivity index (χ2v) is 7.44. The number of hydrogen-bond donors (Lipinski definition) is 1. The van der Waals surface area contributed by atoms with E-state index in [-0.39, 0.29) is 28.6 Å². The van der Waals surface area contributed by atoms with Gasteiger partial charge in [0.2, 0.25) is 5.88 Å². The molecular formula is C20H17Cl2FN4O2. The maximum absolute atomic E-state index is 14.2. The zero-order chi connectivity index (χ0) is 20.5. The number of amides is 1. The number of hydrogen-bond acceptors (Lipinski definition) is 5. The lowest BCUT2D eigenvalue weighted by Gasteiger charge is -2.36. The van der Waals surface area contributed by atoms with Gasteiger partial charge in [0.1, 0.15) is 17.1 Å². The smallest absolute Gasteiger partial charge is 0.261 e. The van der Waals surface area contributed by atoms with Crippen LogP contribution in [0.4, 0.5) is 16.0 Å². The highest BCUT2D eigenvalue weighted by Crippen LogP contribution is 2.31. The number of carbonyl (C=O) groups excluding carboxylic acids is 1. The number of halogens is 3. The molecule has 4 rings (SSSR count). The predicted molar refractivity (Wildman–Crippen MR) is 111 cm³/mol. The van der Waals surface area contributed by atoms with Crippen molar-refractivity contribution in [3.63, 3.8) is 0 Å². The fraction of sp³-hybridized carbons (Fsp3) is 0.200. The predicted octanol–water partition coefficient (Wildman–Crippen LogP) is 4.33. The van der Waals surface area contributed by atoms with Crippen molar-refractivity contribution < 1.29 is 13.7 Å². The number of aromatic nitrogens is 1. The fourth-order valence-corrected chi connectivity index (χ4v) is 3.65. The topological polar surface area (TPSA) is 75.6 Å². The molecular weight excluding hydrogens is 418 g/mol. The molecule has 1 saturated heterocycles. The van der Waals surface area contributed by atoms with Crippen molar-refractivity contribution in [2.45, 2.75) is 0 Å². The van der Waals surface area contributed by atoms with Crippen LogP contribution in [0, 0.1) is 5.82 Å². The molecule has 9 heteroatoms. The standard InChI is InChI=1S/C20H17Cl2FN4O2/c21-14-6-5-12(11-15(14)22)26-7-9-27(10-8-26)20(28)17-18(25-29-19(17)24)13-3-1-2-4-16(13)23/h1-6,11H,7-10,24H2. The number of nitrogens with two attached hydrogens (primary N) is 1. The lowest BCUT2D eigenvalue weighted by Crippen LogP contribution is -2.49. The number of carbonyl (C=O) groups is 1. The van der Waals surface area contributed by atoms with Crippen LogP contribution in [0.15, 0.2) is 47.0 Å². The van der Waals surface area contributed by atoms with E-state index in [2.05, 4.69) is 10.1 Å². The SMILES string of the molecule is Nc1onc(-c2ccccc2F)c1C(=O)N1CCN(c2ccc(Cl)c(Cl)c2)CC1. The minimum atomic E-state index is -0.501. The summed E-state index contributed by atoms with van der Waals surface area (Å²) in [6.07, 6.45) is 0. The molecule has 0 radical (unpaired) electrons. The fourth-order valence-electron chi connectivity index (χ4n) is 3.35. The third-order valence-electron chi connectivity index (χ3n) is 4.90. The summed E-state index contributed by atoms with van der Waals surface area (Å²) >= 11 is 12.1. The van der Waals surface area contributed by atoms with Crippen molar-refractivity contribution in [2.75, 3.05) is 36.8 Å². The van der Waals surface area contributed by atoms with E-state index in [1.807, 2.05) is 6.07 Å². The molecule has 0 bridgehead atoms. The molecule has 6 nitrogen and oxygen atoms in total. The van der Waals surface area contributed by atoms with E-state index in [0.717, 1.165) is 5.69 Å². The Morgan fingerprint density at radius 2 is 1.79 bits per heavy atom. The van der Waals surface area contributed by atoms with Gasteiger partial charge in [0, 0.05) is 37.4 Å². The molecule has 2 N–H and O–H groups in total. The van der Waals surface area contributed by atoms with E-state index < -0.39 is 5.82 Å². The molecule has 0 atom stereocenters. The van der Waals surface area contributed by atoms with Gasteiger partial charge in [-0.05, 0) is 30.3 Å². The van der Waals surface area contributed by atoms with Gasteiger partial charge >= 0.3 is 0 Å². The van der Waals surface area contributed by atoms with E-state index in [0.29, 0.717) is 36.2 Å². The summed E-state index contributed by atoms with van der Waals surface area (Å²) in [6, 6.07) is 11.5. The molecule has 0 saturated carbocycles. The first kappa shape index (κ1) is 19.5. The Morgan fingerprint density at radius 1 is 1.07 bits per heavy atom. The first-order chi connectivity index (χ1) is 14.0. The number of nitrogens with zero attached hydrogens (tertiary/aromatic N) is 3. The van der Waals surface area contributed by atoms with Crippen molar-refractivity contribution >= 4 is 40.7 Å². The Bertz CT molecular complexity index is 1060. The molecule has 2 aromatic carbocycles. The van der Waals surface area contributed by atoms with Gasteiger partial charge in [-0.3, -0.25) is 4.79 Å². The van der Waals surface area contributed by atoms with E-state index in [1.54, 1.807) is 29.2 Å². The van der Waals surface area contributed by atoms with E-state index in [9.17, 15) is 9.18 Å². The third-order valence-corrected chi connectivity index (χ3v) is 5.64. The Labute approximate surface area is 176 Å². The second-order valence-electron chi connectivity index (χ2n) is 6.63. The van der Waals surface area contributed by atoms with E-state index >= 15 is 0 Å². The second kappa shape index (κ2) is 7.93. The monoisotopic (exact) mass is 434 g/mol. The van der Waals surface area contributed by atoms with Gasteiger partial charge in [0.05, 0.1) is 10.0 Å². The Hall–Kier alpha value is -2.77. The van der Waals surface area contributed by atoms with Crippen molar-refractivity contribution in [2.24, 2.45) is 0 Å². The number of rotatable bonds is 3. The third kappa shape index (κ3) is 3.75. The van der Waals surface area contributed by atoms with Gasteiger partial charge < -0.3 is 20.1 Å². The Kier molecular flexibility index (Phi) is 5.34. The number of anilines is 2. The first-order valence-corrected chi connectivity index (χ1v) is 9.70. The summed E-state index contributed by atoms with van der Waals surface area (Å²) < 4.78 is 19.2. The summed E-state index contributed by atoms with van der Waals surface area (Å²) in [5.74, 6) is -0.963. The summed E-state index contributed by atoms with van der Waals surface area (Å²) in [5.41, 5.74) is 7.14. The summed E-state index contributed by atoms with van der Waals surface area (Å²) in [4.78, 5) is 16.9. The molecule has 0 aliphatic carbocycles. The van der Waals surface area contributed by atoms with Crippen molar-refractivity contribution in [3.8, 4) is 11.3 Å². The average molecular weight is 435 g/mol. The van der Waals surface area contributed by atoms with Gasteiger partial charge in [-0.15, -0.1) is 0 Å². The maximum atomic E-state index is 14.2. The highest BCUT2D eigenvalue weighted by Gasteiger charge is 2.30. The molecule has 1 amide bonds. The van der Waals surface area contributed by atoms with Gasteiger partial charge in [-0.2, -0.15) is 0 Å². The molecule has 0 spiro atoms. The zero-order valence-corrected chi connectivity index (χ0v) is 16.8. The first-order valence-electron chi connectivity index (χ1n) is 8.95. The van der Waals surface area contributed by atoms with Gasteiger partial charge in [0.25, 0.3) is 5.91 Å². The maximum Gasteiger partial charge on any atom is 0.261 e. The largest absolute Gasteiger partial charge is 0.368 e. The zero-order valence-electron chi connectivity index (χ0n) is 15.2. The van der Waals surface area contributed by atoms with Gasteiger partial charge in [-0.1, -0.05) is 40.5 Å². The van der Waals surface area contributed by atoms with Crippen LogP contribution in [-0.2, 0) is 0 Å². The van der Waals surface area contributed by atoms with Crippen LogP contribution in [0.5, 0.6) is 0 Å². The molecule has 29 heavy (non-hydrogen) atoms. The molecule has 1 aliphatic rings. The summed E-state index contributed by atoms with van der Waals surface area (Å²) in [6.45, 7) is 2.12. The quantitative estimate of drug-likeness (QED) is 0.663. The molecule has 1 fully saturated rings. The van der Waals surface area contributed by atoms with Crippen LogP contribution in [0.25, 0.3) is 11.3 Å². The Balaban J connectivity index is 1.53. The lowest BCUT2D eigenvalue weighted by molar-refractivity contribution is 0.0748. The number of piperazine rings is 1. The minimum Gasteiger partial charge on any atom is -0.368 e. The Morgan fingerprint density at radius 3 is 2.48 bits per heavy atom. The van der Waals surface area contributed by atoms with Gasteiger partial charge in [0.15, 0.2) is 0 Å². The molecule has 1 aromatic heterocycles. The highest BCUT2D eigenvalue weighted by atomic mass is 35.5. The van der Waals surface area contributed by atoms with Crippen LogP contribution < -0.4 is 10.6 Å². The minimum absolute atomic E-state index is 0.0816. The van der Waals surface area contributed by atoms with Crippen LogP contribution in [0.1, 0.15) is 10.4 Å². The molecule has 2 heterocycles. The number of benzene rings is 2. The number of nitrogen functional groups attached to an aromatic ring is 1. The van der Waals surface area contributed by atoms with Crippen LogP contribution in [0.3, 0.4) is 0 Å². The van der Waals surface area contributed by atoms with E-state index in [1.165, 1.54) is 12.1 Å². The average Bonchev–Trinajstić information content (AvgIpc) is 3.11. The van der Waals surface area contributed by atoms with Crippen molar-refractivity contribution in [3.05, 3.63) is 63.9 Å². The molecule has 0 unspecified atom stereocenters. The van der Waals surface area contributed by atoms with Crippen molar-refractivity contribution in [1.82, 2.24) is 10.1 Å². The highest BCUT2D eigenvalue weighted by molar-refractivity contribution is 6.42. The molecule has 150 valence electrons. The van der Waals surface area contributed by atoms with Crippen LogP contribution in [-0.4, -0.2) is 42.1 Å². The van der Waals surface area contributed by atoms with Crippen molar-refractivity contribution in [1.29, 1.82) is 0 Å². The normalized spacial score (nSPS) is 14.3. The lowest BCUT2D eigenvalue weighted by atomic mass is 10.1. The van der Waals surface area contributed by atoms with Crippen LogP contribution in [0.2, 0.25) is 10.0 Å².